The van der Waals surface area contributed by atoms with Crippen molar-refractivity contribution in [2.45, 2.75) is 20.3 Å². The van der Waals surface area contributed by atoms with Crippen LogP contribution in [-0.2, 0) is 6.42 Å². The Morgan fingerprint density at radius 1 is 1.37 bits per heavy atom. The van der Waals surface area contributed by atoms with E-state index in [1.807, 2.05) is 20.0 Å². The van der Waals surface area contributed by atoms with Crippen LogP contribution in [-0.4, -0.2) is 17.0 Å². The number of fused-ring (bicyclic) bond motifs is 1. The van der Waals surface area contributed by atoms with Gasteiger partial charge in [-0.15, -0.1) is 11.3 Å². The number of nitrogens with one attached hydrogen (secondary N) is 1. The van der Waals surface area contributed by atoms with Gasteiger partial charge < -0.3 is 9.73 Å². The first-order chi connectivity index (χ1) is 9.22. The summed E-state index contributed by atoms with van der Waals surface area (Å²) in [6.07, 6.45) is 2.69. The second-order valence-corrected chi connectivity index (χ2v) is 5.44. The van der Waals surface area contributed by atoms with Gasteiger partial charge in [-0.2, -0.15) is 0 Å². The van der Waals surface area contributed by atoms with Gasteiger partial charge in [0.25, 0.3) is 0 Å². The molecule has 0 aliphatic heterocycles. The summed E-state index contributed by atoms with van der Waals surface area (Å²) in [7, 11) is 1.89. The van der Waals surface area contributed by atoms with Crippen molar-refractivity contribution in [3.63, 3.8) is 0 Å². The first-order valence-corrected chi connectivity index (χ1v) is 7.07. The molecule has 0 amide bonds. The van der Waals surface area contributed by atoms with Crippen molar-refractivity contribution in [1.29, 1.82) is 0 Å². The van der Waals surface area contributed by atoms with E-state index in [0.29, 0.717) is 5.82 Å². The molecule has 0 aromatic carbocycles. The van der Waals surface area contributed by atoms with Gasteiger partial charge >= 0.3 is 0 Å². The minimum Gasteiger partial charge on any atom is -0.469 e. The van der Waals surface area contributed by atoms with Crippen molar-refractivity contribution in [3.05, 3.63) is 29.0 Å². The molecule has 3 aromatic heterocycles. The minimum atomic E-state index is 0.715. The van der Waals surface area contributed by atoms with Crippen LogP contribution in [0.5, 0.6) is 0 Å². The van der Waals surface area contributed by atoms with Crippen LogP contribution in [0.3, 0.4) is 0 Å². The van der Waals surface area contributed by atoms with E-state index in [4.69, 9.17) is 4.42 Å². The molecule has 0 spiro atoms. The van der Waals surface area contributed by atoms with E-state index in [-0.39, 0.29) is 0 Å². The molecule has 3 rings (SSSR count). The first-order valence-electron chi connectivity index (χ1n) is 6.25. The lowest BCUT2D eigenvalue weighted by Crippen LogP contribution is -1.97. The Kier molecular flexibility index (Phi) is 2.98. The Bertz CT molecular complexity index is 729. The number of hydrogen-bond acceptors (Lipinski definition) is 5. The third-order valence-electron chi connectivity index (χ3n) is 3.13. The highest BCUT2D eigenvalue weighted by Crippen LogP contribution is 2.32. The number of aromatic nitrogens is 2. The van der Waals surface area contributed by atoms with E-state index in [9.17, 15) is 0 Å². The maximum absolute atomic E-state index is 5.33. The molecule has 0 saturated carbocycles. The fourth-order valence-corrected chi connectivity index (χ4v) is 3.04. The minimum absolute atomic E-state index is 0.715. The summed E-state index contributed by atoms with van der Waals surface area (Å²) in [4.78, 5) is 11.6. The van der Waals surface area contributed by atoms with Gasteiger partial charge in [-0.3, -0.25) is 0 Å². The van der Waals surface area contributed by atoms with Gasteiger partial charge in [-0.1, -0.05) is 6.92 Å². The van der Waals surface area contributed by atoms with E-state index in [0.717, 1.165) is 33.8 Å². The van der Waals surface area contributed by atoms with Crippen molar-refractivity contribution in [2.75, 3.05) is 12.4 Å². The molecule has 0 aliphatic rings. The van der Waals surface area contributed by atoms with Gasteiger partial charge in [-0.25, -0.2) is 9.97 Å². The highest BCUT2D eigenvalue weighted by molar-refractivity contribution is 7.18. The molecule has 4 nitrogen and oxygen atoms in total. The Labute approximate surface area is 115 Å². The molecule has 0 atom stereocenters. The van der Waals surface area contributed by atoms with E-state index >= 15 is 0 Å². The van der Waals surface area contributed by atoms with Crippen molar-refractivity contribution in [1.82, 2.24) is 9.97 Å². The van der Waals surface area contributed by atoms with Gasteiger partial charge in [0.1, 0.15) is 16.4 Å². The lowest BCUT2D eigenvalue weighted by atomic mass is 10.2. The van der Waals surface area contributed by atoms with E-state index in [1.54, 1.807) is 17.6 Å². The smallest absolute Gasteiger partial charge is 0.166 e. The zero-order chi connectivity index (χ0) is 13.4. The van der Waals surface area contributed by atoms with Crippen LogP contribution in [0.4, 0.5) is 5.82 Å². The van der Waals surface area contributed by atoms with Crippen LogP contribution in [0.1, 0.15) is 17.6 Å². The number of anilines is 1. The fraction of sp³-hybridized carbons (Fsp3) is 0.286. The third-order valence-corrected chi connectivity index (χ3v) is 4.30. The monoisotopic (exact) mass is 273 g/mol. The summed E-state index contributed by atoms with van der Waals surface area (Å²) in [5.74, 6) is 2.43. The molecule has 3 heterocycles. The molecular weight excluding hydrogens is 258 g/mol. The molecule has 0 unspecified atom stereocenters. The molecule has 1 N–H and O–H groups in total. The van der Waals surface area contributed by atoms with Crippen LogP contribution >= 0.6 is 11.3 Å². The number of thiophene rings is 1. The average Bonchev–Trinajstić information content (AvgIpc) is 3.02. The second kappa shape index (κ2) is 4.66. The molecular formula is C14H15N3OS. The molecule has 98 valence electrons. The number of hydrogen-bond donors (Lipinski definition) is 1. The average molecular weight is 273 g/mol. The summed E-state index contributed by atoms with van der Waals surface area (Å²) >= 11 is 1.72. The normalized spacial score (nSPS) is 11.1. The topological polar surface area (TPSA) is 51.0 Å². The van der Waals surface area contributed by atoms with E-state index < -0.39 is 0 Å². The molecule has 0 fully saturated rings. The van der Waals surface area contributed by atoms with Gasteiger partial charge in [0, 0.05) is 11.9 Å². The molecule has 19 heavy (non-hydrogen) atoms. The van der Waals surface area contributed by atoms with Crippen LogP contribution in [0.25, 0.3) is 21.6 Å². The lowest BCUT2D eigenvalue weighted by Gasteiger charge is -2.04. The highest BCUT2D eigenvalue weighted by Gasteiger charge is 2.14. The number of furan rings is 1. The number of rotatable bonds is 3. The summed E-state index contributed by atoms with van der Waals surface area (Å²) < 4.78 is 5.33. The van der Waals surface area contributed by atoms with Gasteiger partial charge in [0.2, 0.25) is 0 Å². The van der Waals surface area contributed by atoms with Gasteiger partial charge in [0.05, 0.1) is 17.2 Å². The highest BCUT2D eigenvalue weighted by atomic mass is 32.1. The standard InChI is InChI=1S/C14H15N3OS/c1-4-9-7-11-12(15-3)16-13(17-14(11)19-9)10-5-6-18-8(10)2/h5-7H,4H2,1-3H3,(H,15,16,17). The van der Waals surface area contributed by atoms with Crippen LogP contribution in [0, 0.1) is 6.92 Å². The Morgan fingerprint density at radius 2 is 2.21 bits per heavy atom. The summed E-state index contributed by atoms with van der Waals surface area (Å²) in [5, 5.41) is 4.25. The lowest BCUT2D eigenvalue weighted by molar-refractivity contribution is 0.535. The van der Waals surface area contributed by atoms with Gasteiger partial charge in [-0.05, 0) is 25.5 Å². The van der Waals surface area contributed by atoms with Crippen molar-refractivity contribution in [3.8, 4) is 11.4 Å². The molecule has 0 radical (unpaired) electrons. The quantitative estimate of drug-likeness (QED) is 0.787. The fourth-order valence-electron chi connectivity index (χ4n) is 2.07. The Balaban J connectivity index is 2.25. The number of aryl methyl sites for hydroxylation is 2. The molecule has 3 aromatic rings. The summed E-state index contributed by atoms with van der Waals surface area (Å²) in [6.45, 7) is 4.08. The van der Waals surface area contributed by atoms with Crippen molar-refractivity contribution >= 4 is 27.4 Å². The number of nitrogens with zero attached hydrogens (tertiary/aromatic N) is 2. The predicted octanol–water partition coefficient (Wildman–Crippen LogP) is 3.86. The molecule has 0 aliphatic carbocycles. The Morgan fingerprint density at radius 3 is 2.84 bits per heavy atom. The Hall–Kier alpha value is -1.88. The van der Waals surface area contributed by atoms with Crippen LogP contribution in [0.2, 0.25) is 0 Å². The SMILES string of the molecule is CCc1cc2c(NC)nc(-c3ccoc3C)nc2s1. The van der Waals surface area contributed by atoms with Crippen LogP contribution in [0.15, 0.2) is 22.8 Å². The van der Waals surface area contributed by atoms with E-state index in [1.165, 1.54) is 4.88 Å². The zero-order valence-corrected chi connectivity index (χ0v) is 12.0. The maximum Gasteiger partial charge on any atom is 0.166 e. The van der Waals surface area contributed by atoms with Crippen molar-refractivity contribution < 1.29 is 4.42 Å². The van der Waals surface area contributed by atoms with Crippen LogP contribution < -0.4 is 5.32 Å². The maximum atomic E-state index is 5.33. The van der Waals surface area contributed by atoms with E-state index in [2.05, 4.69) is 28.3 Å². The summed E-state index contributed by atoms with van der Waals surface area (Å²) in [5.41, 5.74) is 0.949. The predicted molar refractivity (Wildman–Crippen MR) is 78.8 cm³/mol. The largest absolute Gasteiger partial charge is 0.469 e. The summed E-state index contributed by atoms with van der Waals surface area (Å²) in [6, 6.07) is 4.07. The molecule has 0 saturated heterocycles. The second-order valence-electron chi connectivity index (χ2n) is 4.32. The molecule has 5 heteroatoms. The first kappa shape index (κ1) is 12.2. The van der Waals surface area contributed by atoms with Gasteiger partial charge in [0.15, 0.2) is 5.82 Å². The van der Waals surface area contributed by atoms with Crippen molar-refractivity contribution in [2.24, 2.45) is 0 Å². The zero-order valence-electron chi connectivity index (χ0n) is 11.2. The third kappa shape index (κ3) is 2.00. The molecule has 0 bridgehead atoms.